The van der Waals surface area contributed by atoms with Gasteiger partial charge in [0.15, 0.2) is 0 Å². The maximum absolute atomic E-state index is 10.5. The van der Waals surface area contributed by atoms with Crippen molar-refractivity contribution in [2.24, 2.45) is 5.92 Å². The zero-order valence-corrected chi connectivity index (χ0v) is 11.0. The number of carbonyl (C=O) groups excluding carboxylic acids is 1. The van der Waals surface area contributed by atoms with Crippen molar-refractivity contribution in [2.45, 2.75) is 20.0 Å². The van der Waals surface area contributed by atoms with Crippen LogP contribution in [0.2, 0.25) is 0 Å². The standard InChI is InChI=1S/C13H22N2O2/c1-12(2)5-4-6-15-7-8-17-13(10-15)9-14(3)11-16/h11-13H,6-10H2,1-3H3. The molecule has 1 amide bonds. The Hall–Kier alpha value is -1.05. The zero-order chi connectivity index (χ0) is 12.7. The molecule has 96 valence electrons. The molecule has 4 heteroatoms. The average molecular weight is 238 g/mol. The third-order valence-electron chi connectivity index (χ3n) is 2.59. The molecule has 0 aliphatic carbocycles. The van der Waals surface area contributed by atoms with E-state index in [9.17, 15) is 4.79 Å². The fourth-order valence-corrected chi connectivity index (χ4v) is 1.76. The van der Waals surface area contributed by atoms with Crippen molar-refractivity contribution >= 4 is 6.41 Å². The van der Waals surface area contributed by atoms with Gasteiger partial charge in [-0.25, -0.2) is 0 Å². The van der Waals surface area contributed by atoms with Crippen molar-refractivity contribution in [1.82, 2.24) is 9.80 Å². The van der Waals surface area contributed by atoms with Crippen LogP contribution in [0.3, 0.4) is 0 Å². The van der Waals surface area contributed by atoms with Gasteiger partial charge in [-0.05, 0) is 0 Å². The lowest BCUT2D eigenvalue weighted by molar-refractivity contribution is -0.120. The predicted molar refractivity (Wildman–Crippen MR) is 67.5 cm³/mol. The van der Waals surface area contributed by atoms with Gasteiger partial charge in [0.25, 0.3) is 0 Å². The molecule has 0 aromatic heterocycles. The molecule has 0 aromatic rings. The number of ether oxygens (including phenoxy) is 1. The summed E-state index contributed by atoms with van der Waals surface area (Å²) in [6, 6.07) is 0. The highest BCUT2D eigenvalue weighted by Crippen LogP contribution is 2.05. The summed E-state index contributed by atoms with van der Waals surface area (Å²) in [5.41, 5.74) is 0. The van der Waals surface area contributed by atoms with Crippen molar-refractivity contribution in [1.29, 1.82) is 0 Å². The second-order valence-electron chi connectivity index (χ2n) is 4.75. The second-order valence-corrected chi connectivity index (χ2v) is 4.75. The highest BCUT2D eigenvalue weighted by atomic mass is 16.5. The summed E-state index contributed by atoms with van der Waals surface area (Å²) in [6.07, 6.45) is 0.945. The molecule has 4 nitrogen and oxygen atoms in total. The largest absolute Gasteiger partial charge is 0.374 e. The van der Waals surface area contributed by atoms with Crippen LogP contribution in [0.1, 0.15) is 13.8 Å². The molecule has 1 aliphatic heterocycles. The summed E-state index contributed by atoms with van der Waals surface area (Å²) in [7, 11) is 1.77. The van der Waals surface area contributed by atoms with E-state index in [0.29, 0.717) is 12.5 Å². The van der Waals surface area contributed by atoms with Gasteiger partial charge in [-0.1, -0.05) is 25.7 Å². The molecule has 0 aromatic carbocycles. The molecule has 0 bridgehead atoms. The fourth-order valence-electron chi connectivity index (χ4n) is 1.76. The second kappa shape index (κ2) is 7.31. The van der Waals surface area contributed by atoms with Crippen molar-refractivity contribution < 1.29 is 9.53 Å². The van der Waals surface area contributed by atoms with Crippen LogP contribution in [0.4, 0.5) is 0 Å². The number of likely N-dealkylation sites (N-methyl/N-ethyl adjacent to an activating group) is 1. The van der Waals surface area contributed by atoms with E-state index in [1.165, 1.54) is 0 Å². The molecule has 0 radical (unpaired) electrons. The van der Waals surface area contributed by atoms with E-state index in [1.54, 1.807) is 11.9 Å². The van der Waals surface area contributed by atoms with Gasteiger partial charge >= 0.3 is 0 Å². The van der Waals surface area contributed by atoms with Gasteiger partial charge in [-0.15, -0.1) is 0 Å². The third kappa shape index (κ3) is 5.71. The summed E-state index contributed by atoms with van der Waals surface area (Å²) in [5, 5.41) is 0. The SMILES string of the molecule is CC(C)C#CCN1CCOC(CN(C)C=O)C1. The summed E-state index contributed by atoms with van der Waals surface area (Å²) < 4.78 is 5.62. The summed E-state index contributed by atoms with van der Waals surface area (Å²) in [4.78, 5) is 14.4. The van der Waals surface area contributed by atoms with Crippen LogP contribution in [0.5, 0.6) is 0 Å². The molecule has 0 N–H and O–H groups in total. The van der Waals surface area contributed by atoms with Crippen molar-refractivity contribution in [3.05, 3.63) is 0 Å². The number of morpholine rings is 1. The Morgan fingerprint density at radius 3 is 3.00 bits per heavy atom. The maximum Gasteiger partial charge on any atom is 0.209 e. The fraction of sp³-hybridized carbons (Fsp3) is 0.769. The predicted octanol–water partition coefficient (Wildman–Crippen LogP) is 0.435. The van der Waals surface area contributed by atoms with Crippen LogP contribution in [-0.2, 0) is 9.53 Å². The maximum atomic E-state index is 10.5. The molecule has 17 heavy (non-hydrogen) atoms. The molecule has 1 fully saturated rings. The molecule has 1 atom stereocenters. The monoisotopic (exact) mass is 238 g/mol. The van der Waals surface area contributed by atoms with E-state index >= 15 is 0 Å². The Kier molecular flexibility index (Phi) is 6.03. The van der Waals surface area contributed by atoms with Gasteiger partial charge < -0.3 is 9.64 Å². The quantitative estimate of drug-likeness (QED) is 0.526. The Bertz CT molecular complexity index is 294. The van der Waals surface area contributed by atoms with Crippen molar-refractivity contribution in [3.8, 4) is 11.8 Å². The number of rotatable bonds is 4. The molecule has 1 aliphatic rings. The molecule has 1 heterocycles. The van der Waals surface area contributed by atoms with E-state index in [0.717, 1.165) is 32.7 Å². The van der Waals surface area contributed by atoms with Crippen LogP contribution >= 0.6 is 0 Å². The number of carbonyl (C=O) groups is 1. The van der Waals surface area contributed by atoms with Gasteiger partial charge in [0.05, 0.1) is 19.3 Å². The van der Waals surface area contributed by atoms with Crippen molar-refractivity contribution in [3.63, 3.8) is 0 Å². The van der Waals surface area contributed by atoms with Gasteiger partial charge in [-0.3, -0.25) is 9.69 Å². The van der Waals surface area contributed by atoms with Crippen LogP contribution in [-0.4, -0.2) is 62.1 Å². The van der Waals surface area contributed by atoms with E-state index in [-0.39, 0.29) is 6.10 Å². The van der Waals surface area contributed by atoms with Crippen LogP contribution in [0.15, 0.2) is 0 Å². The van der Waals surface area contributed by atoms with E-state index in [1.807, 2.05) is 0 Å². The number of amides is 1. The van der Waals surface area contributed by atoms with Gasteiger partial charge in [0, 0.05) is 32.6 Å². The van der Waals surface area contributed by atoms with Gasteiger partial charge in [0.1, 0.15) is 0 Å². The average Bonchev–Trinajstić information content (AvgIpc) is 2.29. The summed E-state index contributed by atoms with van der Waals surface area (Å²) in [5.74, 6) is 6.76. The molecule has 1 rings (SSSR count). The first-order valence-electron chi connectivity index (χ1n) is 6.09. The first kappa shape index (κ1) is 14.0. The summed E-state index contributed by atoms with van der Waals surface area (Å²) >= 11 is 0. The van der Waals surface area contributed by atoms with Crippen molar-refractivity contribution in [2.75, 3.05) is 39.8 Å². The smallest absolute Gasteiger partial charge is 0.209 e. The molecule has 0 spiro atoms. The first-order chi connectivity index (χ1) is 8.11. The van der Waals surface area contributed by atoms with E-state index in [4.69, 9.17) is 4.74 Å². The Balaban J connectivity index is 2.34. The van der Waals surface area contributed by atoms with Crippen LogP contribution < -0.4 is 0 Å². The minimum atomic E-state index is 0.111. The minimum Gasteiger partial charge on any atom is -0.374 e. The summed E-state index contributed by atoms with van der Waals surface area (Å²) in [6.45, 7) is 8.13. The number of hydrogen-bond acceptors (Lipinski definition) is 3. The lowest BCUT2D eigenvalue weighted by Gasteiger charge is -2.32. The Morgan fingerprint density at radius 1 is 1.59 bits per heavy atom. The zero-order valence-electron chi connectivity index (χ0n) is 11.0. The molecule has 1 unspecified atom stereocenters. The number of nitrogens with zero attached hydrogens (tertiary/aromatic N) is 2. The lowest BCUT2D eigenvalue weighted by atomic mass is 10.2. The molecule has 1 saturated heterocycles. The molecular formula is C13H22N2O2. The third-order valence-corrected chi connectivity index (χ3v) is 2.59. The Morgan fingerprint density at radius 2 is 2.35 bits per heavy atom. The Labute approximate surface area is 104 Å². The number of hydrogen-bond donors (Lipinski definition) is 0. The highest BCUT2D eigenvalue weighted by molar-refractivity contribution is 5.46. The highest BCUT2D eigenvalue weighted by Gasteiger charge is 2.20. The molecule has 0 saturated carbocycles. The van der Waals surface area contributed by atoms with E-state index < -0.39 is 0 Å². The van der Waals surface area contributed by atoms with Gasteiger partial charge in [-0.2, -0.15) is 0 Å². The normalized spacial score (nSPS) is 20.8. The van der Waals surface area contributed by atoms with Crippen LogP contribution in [0.25, 0.3) is 0 Å². The molecular weight excluding hydrogens is 216 g/mol. The minimum absolute atomic E-state index is 0.111. The van der Waals surface area contributed by atoms with Gasteiger partial charge in [0.2, 0.25) is 6.41 Å². The lowest BCUT2D eigenvalue weighted by Crippen LogP contribution is -2.46. The van der Waals surface area contributed by atoms with E-state index in [2.05, 4.69) is 30.6 Å². The first-order valence-corrected chi connectivity index (χ1v) is 6.09. The topological polar surface area (TPSA) is 32.8 Å². The van der Waals surface area contributed by atoms with Crippen LogP contribution in [0, 0.1) is 17.8 Å².